The number of hydrogen-bond acceptors (Lipinski definition) is 3. The van der Waals surface area contributed by atoms with E-state index in [2.05, 4.69) is 14.9 Å². The van der Waals surface area contributed by atoms with Crippen LogP contribution in [-0.2, 0) is 23.2 Å². The zero-order valence-electron chi connectivity index (χ0n) is 13.5. The summed E-state index contributed by atoms with van der Waals surface area (Å²) < 4.78 is 33.4. The molecule has 1 spiro atoms. The van der Waals surface area contributed by atoms with Crippen LogP contribution in [0.1, 0.15) is 41.8 Å². The fraction of sp³-hybridized carbons (Fsp3) is 0.500. The Morgan fingerprint density at radius 2 is 2.12 bits per heavy atom. The molecule has 0 aliphatic carbocycles. The van der Waals surface area contributed by atoms with Crippen LogP contribution in [-0.4, -0.2) is 29.3 Å². The van der Waals surface area contributed by atoms with Gasteiger partial charge in [0.25, 0.3) is 6.43 Å². The summed E-state index contributed by atoms with van der Waals surface area (Å²) in [5.74, 6) is 0. The Morgan fingerprint density at radius 3 is 2.92 bits per heavy atom. The number of ether oxygens (including phenoxy) is 1. The zero-order valence-corrected chi connectivity index (χ0v) is 13.5. The second-order valence-corrected chi connectivity index (χ2v) is 6.58. The number of rotatable bonds is 3. The van der Waals surface area contributed by atoms with Crippen molar-refractivity contribution in [1.29, 1.82) is 0 Å². The summed E-state index contributed by atoms with van der Waals surface area (Å²) in [5, 5.41) is 3.64. The van der Waals surface area contributed by atoms with Gasteiger partial charge >= 0.3 is 0 Å². The fourth-order valence-corrected chi connectivity index (χ4v) is 3.87. The Labute approximate surface area is 139 Å². The van der Waals surface area contributed by atoms with Gasteiger partial charge in [-0.2, -0.15) is 0 Å². The predicted molar refractivity (Wildman–Crippen MR) is 86.2 cm³/mol. The fourth-order valence-electron chi connectivity index (χ4n) is 3.87. The summed E-state index contributed by atoms with van der Waals surface area (Å²) in [7, 11) is 0. The molecule has 3 heterocycles. The number of fused-ring (bicyclic) bond motifs is 2. The van der Waals surface area contributed by atoms with Crippen molar-refractivity contribution in [3.63, 3.8) is 0 Å². The molecule has 24 heavy (non-hydrogen) atoms. The average Bonchev–Trinajstić information content (AvgIpc) is 3.01. The number of imidazole rings is 1. The molecule has 1 aromatic heterocycles. The molecular weight excluding hydrogens is 312 g/mol. The lowest BCUT2D eigenvalue weighted by Gasteiger charge is -2.40. The Bertz CT molecular complexity index is 723. The van der Waals surface area contributed by atoms with Crippen LogP contribution >= 0.6 is 0 Å². The van der Waals surface area contributed by atoms with Crippen LogP contribution < -0.4 is 5.32 Å². The van der Waals surface area contributed by atoms with Crippen molar-refractivity contribution in [3.8, 4) is 0 Å². The quantitative estimate of drug-likeness (QED) is 0.938. The lowest BCUT2D eigenvalue weighted by Crippen LogP contribution is -2.51. The Kier molecular flexibility index (Phi) is 4.10. The molecule has 4 nitrogen and oxygen atoms in total. The highest BCUT2D eigenvalue weighted by Gasteiger charge is 2.40. The molecule has 4 rings (SSSR count). The van der Waals surface area contributed by atoms with E-state index in [1.807, 2.05) is 12.4 Å². The lowest BCUT2D eigenvalue weighted by molar-refractivity contribution is 0.0322. The first-order valence-electron chi connectivity index (χ1n) is 8.42. The van der Waals surface area contributed by atoms with E-state index in [1.165, 1.54) is 11.8 Å². The largest absolute Gasteiger partial charge is 0.381 e. The topological polar surface area (TPSA) is 39.1 Å². The highest BCUT2D eigenvalue weighted by atomic mass is 19.3. The van der Waals surface area contributed by atoms with Gasteiger partial charge in [0.05, 0.1) is 17.6 Å². The first-order valence-corrected chi connectivity index (χ1v) is 8.42. The average molecular weight is 333 g/mol. The van der Waals surface area contributed by atoms with E-state index in [1.54, 1.807) is 12.1 Å². The van der Waals surface area contributed by atoms with Gasteiger partial charge < -0.3 is 14.6 Å². The van der Waals surface area contributed by atoms with E-state index < -0.39 is 6.43 Å². The molecule has 0 atom stereocenters. The molecule has 2 aromatic rings. The third-order valence-corrected chi connectivity index (χ3v) is 5.13. The molecule has 0 amide bonds. The first kappa shape index (κ1) is 15.7. The summed E-state index contributed by atoms with van der Waals surface area (Å²) in [4.78, 5) is 4.68. The Morgan fingerprint density at radius 1 is 1.29 bits per heavy atom. The van der Waals surface area contributed by atoms with Gasteiger partial charge in [0.1, 0.15) is 0 Å². The maximum Gasteiger partial charge on any atom is 0.263 e. The molecule has 0 bridgehead atoms. The van der Waals surface area contributed by atoms with Crippen molar-refractivity contribution < 1.29 is 13.5 Å². The summed E-state index contributed by atoms with van der Waals surface area (Å²) in [6.07, 6.45) is 2.18. The predicted octanol–water partition coefficient (Wildman–Crippen LogP) is 3.02. The first-order chi connectivity index (χ1) is 11.7. The second-order valence-electron chi connectivity index (χ2n) is 6.58. The monoisotopic (exact) mass is 333 g/mol. The van der Waals surface area contributed by atoms with Gasteiger partial charge in [-0.15, -0.1) is 0 Å². The van der Waals surface area contributed by atoms with E-state index in [0.29, 0.717) is 6.54 Å². The minimum Gasteiger partial charge on any atom is -0.381 e. The molecule has 6 heteroatoms. The lowest BCUT2D eigenvalue weighted by atomic mass is 9.82. The number of hydrogen-bond donors (Lipinski definition) is 1. The van der Waals surface area contributed by atoms with Crippen LogP contribution in [0.4, 0.5) is 8.78 Å². The van der Waals surface area contributed by atoms with Crippen molar-refractivity contribution in [2.45, 2.75) is 37.8 Å². The Balaban J connectivity index is 1.63. The van der Waals surface area contributed by atoms with Crippen LogP contribution in [0.15, 0.2) is 30.6 Å². The molecule has 1 fully saturated rings. The summed E-state index contributed by atoms with van der Waals surface area (Å²) in [5.41, 5.74) is 3.21. The van der Waals surface area contributed by atoms with E-state index >= 15 is 0 Å². The normalized spacial score (nSPS) is 19.6. The number of benzene rings is 1. The van der Waals surface area contributed by atoms with E-state index in [4.69, 9.17) is 4.74 Å². The van der Waals surface area contributed by atoms with Crippen LogP contribution in [0.25, 0.3) is 0 Å². The van der Waals surface area contributed by atoms with Crippen LogP contribution in [0.2, 0.25) is 0 Å². The van der Waals surface area contributed by atoms with Crippen molar-refractivity contribution in [1.82, 2.24) is 14.9 Å². The maximum absolute atomic E-state index is 12.9. The highest BCUT2D eigenvalue weighted by Crippen LogP contribution is 2.36. The molecule has 1 aromatic carbocycles. The third kappa shape index (κ3) is 2.74. The number of nitrogens with one attached hydrogen (secondary N) is 1. The molecule has 0 unspecified atom stereocenters. The van der Waals surface area contributed by atoms with Gasteiger partial charge in [-0.05, 0) is 24.5 Å². The molecule has 1 N–H and O–H groups in total. The van der Waals surface area contributed by atoms with Gasteiger partial charge in [-0.25, -0.2) is 13.8 Å². The summed E-state index contributed by atoms with van der Waals surface area (Å²) in [6, 6.07) is 6.64. The van der Waals surface area contributed by atoms with Crippen molar-refractivity contribution in [3.05, 3.63) is 53.1 Å². The summed E-state index contributed by atoms with van der Waals surface area (Å²) in [6.45, 7) is 2.98. The van der Waals surface area contributed by atoms with E-state index in [0.717, 1.165) is 50.3 Å². The molecule has 1 saturated heterocycles. The highest BCUT2D eigenvalue weighted by molar-refractivity contribution is 5.30. The van der Waals surface area contributed by atoms with Crippen molar-refractivity contribution in [2.75, 3.05) is 19.8 Å². The van der Waals surface area contributed by atoms with E-state index in [-0.39, 0.29) is 11.1 Å². The van der Waals surface area contributed by atoms with Gasteiger partial charge in [0.2, 0.25) is 0 Å². The molecule has 2 aliphatic rings. The Hall–Kier alpha value is -1.79. The third-order valence-electron chi connectivity index (χ3n) is 5.13. The van der Waals surface area contributed by atoms with Crippen LogP contribution in [0.5, 0.6) is 0 Å². The van der Waals surface area contributed by atoms with Crippen LogP contribution in [0.3, 0.4) is 0 Å². The van der Waals surface area contributed by atoms with Gasteiger partial charge in [-0.1, -0.05) is 18.2 Å². The van der Waals surface area contributed by atoms with Gasteiger partial charge in [0.15, 0.2) is 0 Å². The standard InChI is InChI=1S/C18H21F2N3O/c19-17(20)14-3-1-2-13(10-14)11-23-12-21-16-15(23)4-7-22-18(16)5-8-24-9-6-18/h1-3,10,12,17,22H,4-9,11H2. The van der Waals surface area contributed by atoms with Crippen molar-refractivity contribution in [2.24, 2.45) is 0 Å². The maximum atomic E-state index is 12.9. The van der Waals surface area contributed by atoms with Crippen molar-refractivity contribution >= 4 is 0 Å². The number of alkyl halides is 2. The molecular formula is C18H21F2N3O. The number of nitrogens with zero attached hydrogens (tertiary/aromatic N) is 2. The summed E-state index contributed by atoms with van der Waals surface area (Å²) >= 11 is 0. The van der Waals surface area contributed by atoms with Crippen LogP contribution in [0, 0.1) is 0 Å². The SMILES string of the molecule is FC(F)c1cccc(Cn2cnc3c2CCNC32CCOCC2)c1. The molecule has 0 saturated carbocycles. The smallest absolute Gasteiger partial charge is 0.263 e. The minimum atomic E-state index is -2.43. The molecule has 2 aliphatic heterocycles. The molecule has 0 radical (unpaired) electrons. The van der Waals surface area contributed by atoms with E-state index in [9.17, 15) is 8.78 Å². The number of aromatic nitrogens is 2. The second kappa shape index (κ2) is 6.26. The minimum absolute atomic E-state index is 0.0732. The number of halogens is 2. The molecule has 128 valence electrons. The zero-order chi connectivity index (χ0) is 16.6. The van der Waals surface area contributed by atoms with Gasteiger partial charge in [-0.3, -0.25) is 0 Å². The van der Waals surface area contributed by atoms with Gasteiger partial charge in [0, 0.05) is 44.0 Å².